The Balaban J connectivity index is 2.54. The van der Waals surface area contributed by atoms with Gasteiger partial charge in [-0.15, -0.1) is 0 Å². The molecule has 0 bridgehead atoms. The van der Waals surface area contributed by atoms with E-state index in [0.29, 0.717) is 16.8 Å². The molecule has 6 heteroatoms. The lowest BCUT2D eigenvalue weighted by atomic mass is 10.1. The first kappa shape index (κ1) is 13.8. The Hall–Kier alpha value is -1.62. The van der Waals surface area contributed by atoms with Gasteiger partial charge in [0.05, 0.1) is 11.9 Å². The molecule has 0 saturated heterocycles. The van der Waals surface area contributed by atoms with Crippen LogP contribution in [0.5, 0.6) is 0 Å². The number of hydrogen-bond acceptors (Lipinski definition) is 4. The van der Waals surface area contributed by atoms with Crippen LogP contribution in [0.15, 0.2) is 6.20 Å². The van der Waals surface area contributed by atoms with Crippen LogP contribution >= 0.6 is 11.6 Å². The molecule has 0 aliphatic heterocycles. The van der Waals surface area contributed by atoms with Crippen molar-refractivity contribution >= 4 is 17.5 Å². The van der Waals surface area contributed by atoms with Crippen LogP contribution in [-0.2, 0) is 6.42 Å². The number of nitrogens with one attached hydrogen (secondary N) is 1. The summed E-state index contributed by atoms with van der Waals surface area (Å²) in [4.78, 5) is 8.57. The second kappa shape index (κ2) is 5.57. The lowest BCUT2D eigenvalue weighted by Gasteiger charge is -2.08. The highest BCUT2D eigenvalue weighted by Crippen LogP contribution is 2.23. The van der Waals surface area contributed by atoms with Gasteiger partial charge in [0.15, 0.2) is 5.82 Å². The third-order valence-electron chi connectivity index (χ3n) is 3.06. The van der Waals surface area contributed by atoms with Gasteiger partial charge >= 0.3 is 0 Å². The van der Waals surface area contributed by atoms with E-state index in [1.54, 1.807) is 10.9 Å². The third-order valence-corrected chi connectivity index (χ3v) is 3.32. The van der Waals surface area contributed by atoms with E-state index in [0.717, 1.165) is 24.4 Å². The maximum Gasteiger partial charge on any atom is 0.224 e. The fraction of sp³-hybridized carbons (Fsp3) is 0.462. The molecule has 1 N–H and O–H groups in total. The van der Waals surface area contributed by atoms with Gasteiger partial charge in [-0.1, -0.05) is 18.5 Å². The van der Waals surface area contributed by atoms with Gasteiger partial charge in [-0.2, -0.15) is 10.1 Å². The molecule has 5 nitrogen and oxygen atoms in total. The Morgan fingerprint density at radius 1 is 1.32 bits per heavy atom. The summed E-state index contributed by atoms with van der Waals surface area (Å²) in [6.45, 7) is 8.91. The van der Waals surface area contributed by atoms with Crippen LogP contribution in [0.25, 0.3) is 5.82 Å². The number of rotatable bonds is 4. The number of halogens is 1. The first-order valence-electron chi connectivity index (χ1n) is 6.40. The molecule has 0 aromatic carbocycles. The molecular weight excluding hydrogens is 262 g/mol. The summed E-state index contributed by atoms with van der Waals surface area (Å²) in [6.07, 6.45) is 2.55. The lowest BCUT2D eigenvalue weighted by molar-refractivity contribution is 0.800. The number of hydrogen-bond donors (Lipinski definition) is 1. The normalized spacial score (nSPS) is 10.8. The molecule has 2 heterocycles. The van der Waals surface area contributed by atoms with Crippen molar-refractivity contribution in [3.8, 4) is 5.82 Å². The van der Waals surface area contributed by atoms with E-state index < -0.39 is 0 Å². The first-order valence-corrected chi connectivity index (χ1v) is 6.78. The molecule has 0 saturated carbocycles. The molecule has 0 radical (unpaired) electrons. The molecule has 0 unspecified atom stereocenters. The van der Waals surface area contributed by atoms with Gasteiger partial charge in [0.25, 0.3) is 0 Å². The van der Waals surface area contributed by atoms with E-state index in [1.165, 1.54) is 5.56 Å². The highest BCUT2D eigenvalue weighted by Gasteiger charge is 2.15. The van der Waals surface area contributed by atoms with Gasteiger partial charge in [-0.3, -0.25) is 0 Å². The van der Waals surface area contributed by atoms with Crippen molar-refractivity contribution in [1.29, 1.82) is 0 Å². The average molecular weight is 280 g/mol. The SMILES string of the molecule is CCNc1ncc(Cl)c(-n2nc(C)c(CC)c2C)n1. The summed E-state index contributed by atoms with van der Waals surface area (Å²) in [5, 5.41) is 8.10. The van der Waals surface area contributed by atoms with E-state index in [1.807, 2.05) is 20.8 Å². The van der Waals surface area contributed by atoms with E-state index in [-0.39, 0.29) is 0 Å². The van der Waals surface area contributed by atoms with Crippen molar-refractivity contribution in [3.05, 3.63) is 28.2 Å². The molecule has 2 aromatic rings. The minimum atomic E-state index is 0.495. The van der Waals surface area contributed by atoms with E-state index in [4.69, 9.17) is 11.6 Å². The summed E-state index contributed by atoms with van der Waals surface area (Å²) in [5.74, 6) is 1.18. The zero-order chi connectivity index (χ0) is 14.0. The van der Waals surface area contributed by atoms with Crippen LogP contribution in [0.2, 0.25) is 5.02 Å². The van der Waals surface area contributed by atoms with Gasteiger partial charge in [-0.25, -0.2) is 9.67 Å². The average Bonchev–Trinajstić information content (AvgIpc) is 2.67. The minimum absolute atomic E-state index is 0.495. The summed E-state index contributed by atoms with van der Waals surface area (Å²) in [6, 6.07) is 0. The molecule has 0 fully saturated rings. The maximum atomic E-state index is 6.19. The second-order valence-electron chi connectivity index (χ2n) is 4.31. The van der Waals surface area contributed by atoms with E-state index in [2.05, 4.69) is 27.3 Å². The number of nitrogens with zero attached hydrogens (tertiary/aromatic N) is 4. The third kappa shape index (κ3) is 2.56. The van der Waals surface area contributed by atoms with E-state index in [9.17, 15) is 0 Å². The number of aryl methyl sites for hydroxylation is 1. The summed E-state index contributed by atoms with van der Waals surface area (Å²) in [5.41, 5.74) is 3.32. The van der Waals surface area contributed by atoms with Gasteiger partial charge < -0.3 is 5.32 Å². The predicted molar refractivity (Wildman–Crippen MR) is 77.2 cm³/mol. The number of aromatic nitrogens is 4. The van der Waals surface area contributed by atoms with Gasteiger partial charge in [0.2, 0.25) is 5.95 Å². The Bertz CT molecular complexity index is 591. The highest BCUT2D eigenvalue weighted by molar-refractivity contribution is 6.32. The smallest absolute Gasteiger partial charge is 0.224 e. The molecular formula is C13H18ClN5. The topological polar surface area (TPSA) is 55.6 Å². The Morgan fingerprint density at radius 3 is 2.63 bits per heavy atom. The predicted octanol–water partition coefficient (Wildman–Crippen LogP) is 2.93. The van der Waals surface area contributed by atoms with Crippen LogP contribution in [-0.4, -0.2) is 26.3 Å². The zero-order valence-electron chi connectivity index (χ0n) is 11.7. The van der Waals surface area contributed by atoms with Crippen LogP contribution in [0.4, 0.5) is 5.95 Å². The quantitative estimate of drug-likeness (QED) is 0.935. The second-order valence-corrected chi connectivity index (χ2v) is 4.72. The molecule has 2 aromatic heterocycles. The van der Waals surface area contributed by atoms with Gasteiger partial charge in [0, 0.05) is 12.2 Å². The Kier molecular flexibility index (Phi) is 4.04. The molecule has 102 valence electrons. The van der Waals surface area contributed by atoms with Crippen molar-refractivity contribution in [2.45, 2.75) is 34.1 Å². The molecule has 0 spiro atoms. The summed E-state index contributed by atoms with van der Waals surface area (Å²) in [7, 11) is 0. The van der Waals surface area contributed by atoms with Crippen LogP contribution < -0.4 is 5.32 Å². The van der Waals surface area contributed by atoms with Crippen molar-refractivity contribution < 1.29 is 0 Å². The fourth-order valence-electron chi connectivity index (χ4n) is 2.14. The van der Waals surface area contributed by atoms with Crippen molar-refractivity contribution in [2.24, 2.45) is 0 Å². The lowest BCUT2D eigenvalue weighted by Crippen LogP contribution is -2.08. The Morgan fingerprint density at radius 2 is 2.05 bits per heavy atom. The van der Waals surface area contributed by atoms with E-state index >= 15 is 0 Å². The fourth-order valence-corrected chi connectivity index (χ4v) is 2.31. The standard InChI is InChI=1S/C13H18ClN5/c1-5-10-8(3)18-19(9(10)4)12-11(14)7-16-13(17-12)15-6-2/h7H,5-6H2,1-4H3,(H,15,16,17). The van der Waals surface area contributed by atoms with Gasteiger partial charge in [-0.05, 0) is 32.8 Å². The molecule has 0 atom stereocenters. The summed E-state index contributed by atoms with van der Waals surface area (Å²) < 4.78 is 1.79. The number of anilines is 1. The molecule has 0 aliphatic carbocycles. The molecule has 19 heavy (non-hydrogen) atoms. The molecule has 0 amide bonds. The zero-order valence-corrected chi connectivity index (χ0v) is 12.4. The monoisotopic (exact) mass is 279 g/mol. The van der Waals surface area contributed by atoms with Crippen LogP contribution in [0.1, 0.15) is 30.8 Å². The van der Waals surface area contributed by atoms with Crippen molar-refractivity contribution in [3.63, 3.8) is 0 Å². The van der Waals surface area contributed by atoms with Crippen molar-refractivity contribution in [1.82, 2.24) is 19.7 Å². The van der Waals surface area contributed by atoms with Crippen LogP contribution in [0.3, 0.4) is 0 Å². The first-order chi connectivity index (χ1) is 9.08. The van der Waals surface area contributed by atoms with Gasteiger partial charge in [0.1, 0.15) is 5.02 Å². The molecule has 0 aliphatic rings. The maximum absolute atomic E-state index is 6.19. The minimum Gasteiger partial charge on any atom is -0.354 e. The Labute approximate surface area is 118 Å². The highest BCUT2D eigenvalue weighted by atomic mass is 35.5. The van der Waals surface area contributed by atoms with Crippen LogP contribution in [0, 0.1) is 13.8 Å². The molecule has 2 rings (SSSR count). The largest absolute Gasteiger partial charge is 0.354 e. The van der Waals surface area contributed by atoms with Crippen molar-refractivity contribution in [2.75, 3.05) is 11.9 Å². The summed E-state index contributed by atoms with van der Waals surface area (Å²) >= 11 is 6.19.